The number of rotatable bonds is 7. The average molecular weight is 510 g/mol. The number of benzene rings is 2. The van der Waals surface area contributed by atoms with Gasteiger partial charge in [-0.1, -0.05) is 23.4 Å². The molecule has 0 aromatic heterocycles. The standard InChI is InChI=1S/C22H24ClN3O5S2/c1-3-31-16-7-5-15(6-8-16)26(22-25-18-12-33(28,29)13-20(18)32-22)11-21(27)24-17-10-14(23)4-9-19(17)30-2/h4-10,18,20H,3,11-13H2,1-2H3,(H,24,27). The molecule has 1 N–H and O–H groups in total. The van der Waals surface area contributed by atoms with E-state index in [1.54, 1.807) is 23.1 Å². The molecule has 2 atom stereocenters. The molecule has 0 radical (unpaired) electrons. The van der Waals surface area contributed by atoms with Gasteiger partial charge < -0.3 is 19.7 Å². The predicted molar refractivity (Wildman–Crippen MR) is 133 cm³/mol. The molecule has 0 spiro atoms. The maximum absolute atomic E-state index is 13.0. The molecule has 2 aromatic rings. The van der Waals surface area contributed by atoms with E-state index in [2.05, 4.69) is 10.3 Å². The van der Waals surface area contributed by atoms with Crippen molar-refractivity contribution in [3.8, 4) is 11.5 Å². The third-order valence-electron chi connectivity index (χ3n) is 5.23. The zero-order valence-corrected chi connectivity index (χ0v) is 20.5. The number of carbonyl (C=O) groups excluding carboxylic acids is 1. The van der Waals surface area contributed by atoms with Crippen molar-refractivity contribution in [1.82, 2.24) is 0 Å². The number of sulfone groups is 1. The second-order valence-corrected chi connectivity index (χ2v) is 11.4. The van der Waals surface area contributed by atoms with Crippen molar-refractivity contribution in [2.75, 3.05) is 42.0 Å². The van der Waals surface area contributed by atoms with Gasteiger partial charge in [-0.2, -0.15) is 0 Å². The molecule has 33 heavy (non-hydrogen) atoms. The summed E-state index contributed by atoms with van der Waals surface area (Å²) < 4.78 is 34.8. The van der Waals surface area contributed by atoms with Gasteiger partial charge in [0.2, 0.25) is 5.91 Å². The van der Waals surface area contributed by atoms with E-state index >= 15 is 0 Å². The number of hydrogen-bond donors (Lipinski definition) is 1. The maximum atomic E-state index is 13.0. The Morgan fingerprint density at radius 2 is 2.00 bits per heavy atom. The number of amidine groups is 1. The van der Waals surface area contributed by atoms with Crippen LogP contribution in [0.15, 0.2) is 47.5 Å². The van der Waals surface area contributed by atoms with E-state index in [1.165, 1.54) is 18.9 Å². The lowest BCUT2D eigenvalue weighted by molar-refractivity contribution is -0.114. The number of halogens is 1. The smallest absolute Gasteiger partial charge is 0.244 e. The molecule has 2 aromatic carbocycles. The van der Waals surface area contributed by atoms with Crippen LogP contribution in [-0.2, 0) is 14.6 Å². The second-order valence-electron chi connectivity index (χ2n) is 7.62. The van der Waals surface area contributed by atoms with Gasteiger partial charge in [-0.15, -0.1) is 0 Å². The van der Waals surface area contributed by atoms with Gasteiger partial charge >= 0.3 is 0 Å². The molecule has 0 aliphatic carbocycles. The molecule has 176 valence electrons. The molecule has 1 amide bonds. The highest BCUT2D eigenvalue weighted by molar-refractivity contribution is 8.15. The van der Waals surface area contributed by atoms with Crippen LogP contribution >= 0.6 is 23.4 Å². The van der Waals surface area contributed by atoms with Crippen molar-refractivity contribution < 1.29 is 22.7 Å². The van der Waals surface area contributed by atoms with E-state index in [0.29, 0.717) is 28.2 Å². The second kappa shape index (κ2) is 9.82. The predicted octanol–water partition coefficient (Wildman–Crippen LogP) is 3.46. The van der Waals surface area contributed by atoms with Crippen LogP contribution in [0.25, 0.3) is 0 Å². The zero-order valence-electron chi connectivity index (χ0n) is 18.2. The number of amides is 1. The molecule has 8 nitrogen and oxygen atoms in total. The number of nitrogens with zero attached hydrogens (tertiary/aromatic N) is 2. The van der Waals surface area contributed by atoms with E-state index in [-0.39, 0.29) is 35.2 Å². The van der Waals surface area contributed by atoms with Crippen molar-refractivity contribution in [3.63, 3.8) is 0 Å². The van der Waals surface area contributed by atoms with Gasteiger partial charge in [0.25, 0.3) is 0 Å². The summed E-state index contributed by atoms with van der Waals surface area (Å²) in [4.78, 5) is 19.5. The summed E-state index contributed by atoms with van der Waals surface area (Å²) in [5, 5.41) is 3.81. The zero-order chi connectivity index (χ0) is 23.6. The minimum absolute atomic E-state index is 0.0261. The highest BCUT2D eigenvalue weighted by Crippen LogP contribution is 2.37. The third kappa shape index (κ3) is 5.56. The molecule has 11 heteroatoms. The van der Waals surface area contributed by atoms with Gasteiger partial charge in [-0.05, 0) is 49.4 Å². The summed E-state index contributed by atoms with van der Waals surface area (Å²) in [6.07, 6.45) is 0. The fourth-order valence-electron chi connectivity index (χ4n) is 3.74. The SMILES string of the molecule is CCOc1ccc(N(CC(=O)Nc2cc(Cl)ccc2OC)C2=NC3CS(=O)(=O)CC3S2)cc1. The number of fused-ring (bicyclic) bond motifs is 1. The summed E-state index contributed by atoms with van der Waals surface area (Å²) in [6, 6.07) is 12.1. The Bertz CT molecular complexity index is 1170. The fraction of sp³-hybridized carbons (Fsp3) is 0.364. The van der Waals surface area contributed by atoms with Gasteiger partial charge in [0.05, 0.1) is 37.0 Å². The van der Waals surface area contributed by atoms with E-state index < -0.39 is 9.84 Å². The van der Waals surface area contributed by atoms with Crippen LogP contribution in [-0.4, -0.2) is 62.6 Å². The van der Waals surface area contributed by atoms with Gasteiger partial charge in [0.15, 0.2) is 15.0 Å². The van der Waals surface area contributed by atoms with Crippen LogP contribution in [0, 0.1) is 0 Å². The first-order valence-electron chi connectivity index (χ1n) is 10.4. The monoisotopic (exact) mass is 509 g/mol. The minimum Gasteiger partial charge on any atom is -0.495 e. The van der Waals surface area contributed by atoms with Gasteiger partial charge in [0.1, 0.15) is 18.0 Å². The quantitative estimate of drug-likeness (QED) is 0.610. The number of hydrogen-bond acceptors (Lipinski definition) is 8. The average Bonchev–Trinajstić information content (AvgIpc) is 3.26. The largest absolute Gasteiger partial charge is 0.495 e. The number of thioether (sulfide) groups is 1. The van der Waals surface area contributed by atoms with Crippen LogP contribution < -0.4 is 19.7 Å². The van der Waals surface area contributed by atoms with E-state index in [1.807, 2.05) is 31.2 Å². The summed E-state index contributed by atoms with van der Waals surface area (Å²) in [7, 11) is -1.56. The van der Waals surface area contributed by atoms with Crippen LogP contribution in [0.4, 0.5) is 11.4 Å². The van der Waals surface area contributed by atoms with Crippen LogP contribution in [0.3, 0.4) is 0 Å². The van der Waals surface area contributed by atoms with Crippen molar-refractivity contribution in [2.45, 2.75) is 18.2 Å². The number of nitrogens with one attached hydrogen (secondary N) is 1. The lowest BCUT2D eigenvalue weighted by Crippen LogP contribution is -2.36. The van der Waals surface area contributed by atoms with E-state index in [0.717, 1.165) is 11.4 Å². The molecular weight excluding hydrogens is 486 g/mol. The Morgan fingerprint density at radius 3 is 2.67 bits per heavy atom. The Kier molecular flexibility index (Phi) is 7.06. The van der Waals surface area contributed by atoms with Crippen LogP contribution in [0.2, 0.25) is 5.02 Å². The Balaban J connectivity index is 1.58. The molecular formula is C22H24ClN3O5S2. The highest BCUT2D eigenvalue weighted by atomic mass is 35.5. The molecule has 2 aliphatic heterocycles. The minimum atomic E-state index is -3.08. The summed E-state index contributed by atoms with van der Waals surface area (Å²) in [5.41, 5.74) is 1.21. The molecule has 1 saturated heterocycles. The van der Waals surface area contributed by atoms with Crippen LogP contribution in [0.5, 0.6) is 11.5 Å². The summed E-state index contributed by atoms with van der Waals surface area (Å²) in [6.45, 7) is 2.43. The number of ether oxygens (including phenoxy) is 2. The molecule has 2 aliphatic rings. The van der Waals surface area contributed by atoms with E-state index in [4.69, 9.17) is 21.1 Å². The topological polar surface area (TPSA) is 97.3 Å². The van der Waals surface area contributed by atoms with Gasteiger partial charge in [-0.25, -0.2) is 8.42 Å². The first kappa shape index (κ1) is 23.7. The summed E-state index contributed by atoms with van der Waals surface area (Å²) >= 11 is 7.48. The Morgan fingerprint density at radius 1 is 1.24 bits per heavy atom. The first-order valence-corrected chi connectivity index (χ1v) is 13.4. The lowest BCUT2D eigenvalue weighted by atomic mass is 10.2. The van der Waals surface area contributed by atoms with Crippen molar-refractivity contribution >= 4 is 55.6 Å². The molecule has 2 unspecified atom stereocenters. The molecule has 4 rings (SSSR count). The van der Waals surface area contributed by atoms with Crippen molar-refractivity contribution in [2.24, 2.45) is 4.99 Å². The lowest BCUT2D eigenvalue weighted by Gasteiger charge is -2.24. The van der Waals surface area contributed by atoms with Crippen molar-refractivity contribution in [3.05, 3.63) is 47.5 Å². The Hall–Kier alpha value is -2.43. The maximum Gasteiger partial charge on any atom is 0.244 e. The normalized spacial score (nSPS) is 20.6. The Labute approximate surface area is 202 Å². The molecule has 1 fully saturated rings. The fourth-order valence-corrected chi connectivity index (χ4v) is 7.69. The highest BCUT2D eigenvalue weighted by Gasteiger charge is 2.44. The third-order valence-corrected chi connectivity index (χ3v) is 8.72. The molecule has 0 bridgehead atoms. The first-order chi connectivity index (χ1) is 15.8. The summed E-state index contributed by atoms with van der Waals surface area (Å²) in [5.74, 6) is 1.05. The van der Waals surface area contributed by atoms with Gasteiger partial charge in [0, 0.05) is 16.0 Å². The molecule has 2 heterocycles. The van der Waals surface area contributed by atoms with Gasteiger partial charge in [-0.3, -0.25) is 9.79 Å². The van der Waals surface area contributed by atoms with Crippen molar-refractivity contribution in [1.29, 1.82) is 0 Å². The van der Waals surface area contributed by atoms with Crippen LogP contribution in [0.1, 0.15) is 6.92 Å². The number of methoxy groups -OCH3 is 1. The number of carbonyl (C=O) groups is 1. The number of aliphatic imine (C=N–C) groups is 1. The van der Waals surface area contributed by atoms with E-state index in [9.17, 15) is 13.2 Å². The number of anilines is 2. The molecule has 0 saturated carbocycles.